The van der Waals surface area contributed by atoms with Crippen molar-refractivity contribution in [1.82, 2.24) is 16.1 Å². The van der Waals surface area contributed by atoms with E-state index in [9.17, 15) is 9.59 Å². The van der Waals surface area contributed by atoms with E-state index in [1.165, 1.54) is 6.21 Å². The van der Waals surface area contributed by atoms with Gasteiger partial charge in [0.15, 0.2) is 23.2 Å². The summed E-state index contributed by atoms with van der Waals surface area (Å²) in [4.78, 5) is 25.2. The minimum absolute atomic E-state index is 0.230. The molecule has 0 radical (unpaired) electrons. The number of hydrazone groups is 1. The molecule has 0 aliphatic carbocycles. The molecule has 10 nitrogen and oxygen atoms in total. The fourth-order valence-corrected chi connectivity index (χ4v) is 4.85. The van der Waals surface area contributed by atoms with Crippen LogP contribution < -0.4 is 30.3 Å². The summed E-state index contributed by atoms with van der Waals surface area (Å²) in [7, 11) is 1.58. The zero-order valence-corrected chi connectivity index (χ0v) is 24.4. The van der Waals surface area contributed by atoms with Crippen molar-refractivity contribution in [3.8, 4) is 17.2 Å². The van der Waals surface area contributed by atoms with E-state index in [1.807, 2.05) is 19.1 Å². The molecule has 1 aliphatic heterocycles. The molecule has 0 aromatic heterocycles. The SMILES string of the molecule is CCOC(=O)C1=C(C)NC(=S)N[C@@H]1c1ccccc1OCC(=O)NN=Cc1cc(I)c(OC)c(OCC)c1. The number of nitrogens with zero attached hydrogens (tertiary/aromatic N) is 1. The number of hydrogen-bond acceptors (Lipinski definition) is 8. The lowest BCUT2D eigenvalue weighted by Gasteiger charge is -2.30. The van der Waals surface area contributed by atoms with E-state index in [2.05, 4.69) is 43.8 Å². The number of allylic oxidation sites excluding steroid dienone is 1. The first-order valence-electron chi connectivity index (χ1n) is 11.8. The van der Waals surface area contributed by atoms with Crippen molar-refractivity contribution >= 4 is 58.0 Å². The lowest BCUT2D eigenvalue weighted by Crippen LogP contribution is -2.45. The Morgan fingerprint density at radius 1 is 1.16 bits per heavy atom. The maximum Gasteiger partial charge on any atom is 0.338 e. The van der Waals surface area contributed by atoms with E-state index in [4.69, 9.17) is 31.2 Å². The fourth-order valence-electron chi connectivity index (χ4n) is 3.73. The second-order valence-corrected chi connectivity index (χ2v) is 9.45. The van der Waals surface area contributed by atoms with E-state index in [-0.39, 0.29) is 13.2 Å². The monoisotopic (exact) mass is 652 g/mol. The lowest BCUT2D eigenvalue weighted by molar-refractivity contribution is -0.139. The molecule has 202 valence electrons. The number of halogens is 1. The number of ether oxygens (including phenoxy) is 4. The summed E-state index contributed by atoms with van der Waals surface area (Å²) < 4.78 is 22.9. The number of nitrogens with one attached hydrogen (secondary N) is 3. The Labute approximate surface area is 240 Å². The molecule has 2 aromatic rings. The van der Waals surface area contributed by atoms with Crippen molar-refractivity contribution in [3.05, 3.63) is 62.4 Å². The first-order valence-corrected chi connectivity index (χ1v) is 13.3. The second-order valence-electron chi connectivity index (χ2n) is 7.88. The smallest absolute Gasteiger partial charge is 0.338 e. The van der Waals surface area contributed by atoms with Crippen molar-refractivity contribution in [3.63, 3.8) is 0 Å². The highest BCUT2D eigenvalue weighted by Crippen LogP contribution is 2.34. The molecule has 0 bridgehead atoms. The number of carbonyl (C=O) groups is 2. The zero-order valence-electron chi connectivity index (χ0n) is 21.4. The molecule has 0 fully saturated rings. The molecule has 0 saturated heterocycles. The van der Waals surface area contributed by atoms with Gasteiger partial charge in [-0.25, -0.2) is 10.2 Å². The largest absolute Gasteiger partial charge is 0.492 e. The van der Waals surface area contributed by atoms with Gasteiger partial charge in [-0.2, -0.15) is 5.10 Å². The van der Waals surface area contributed by atoms with Crippen LogP contribution in [0.2, 0.25) is 0 Å². The summed E-state index contributed by atoms with van der Waals surface area (Å²) >= 11 is 7.45. The number of carbonyl (C=O) groups excluding carboxylic acids is 2. The van der Waals surface area contributed by atoms with Crippen molar-refractivity contribution in [2.24, 2.45) is 5.10 Å². The van der Waals surface area contributed by atoms with Crippen molar-refractivity contribution in [2.45, 2.75) is 26.8 Å². The highest BCUT2D eigenvalue weighted by molar-refractivity contribution is 14.1. The molecule has 1 aliphatic rings. The molecule has 0 spiro atoms. The summed E-state index contributed by atoms with van der Waals surface area (Å²) in [5, 5.41) is 10.4. The van der Waals surface area contributed by atoms with Gasteiger partial charge in [-0.1, -0.05) is 18.2 Å². The van der Waals surface area contributed by atoms with Gasteiger partial charge >= 0.3 is 5.97 Å². The van der Waals surface area contributed by atoms with Crippen LogP contribution in [0.3, 0.4) is 0 Å². The molecule has 1 atom stereocenters. The Kier molecular flexibility index (Phi) is 10.7. The number of amides is 1. The minimum Gasteiger partial charge on any atom is -0.492 e. The Hall–Kier alpha value is -3.39. The Morgan fingerprint density at radius 3 is 2.63 bits per heavy atom. The number of thiocarbonyl (C=S) groups is 1. The van der Waals surface area contributed by atoms with Gasteiger partial charge in [-0.05, 0) is 79.3 Å². The summed E-state index contributed by atoms with van der Waals surface area (Å²) in [6.07, 6.45) is 1.51. The molecule has 0 unspecified atom stereocenters. The molecule has 12 heteroatoms. The van der Waals surface area contributed by atoms with Gasteiger partial charge < -0.3 is 29.6 Å². The quantitative estimate of drug-likeness (QED) is 0.110. The van der Waals surface area contributed by atoms with Gasteiger partial charge in [-0.15, -0.1) is 0 Å². The Bertz CT molecular complexity index is 1270. The normalized spacial score (nSPS) is 15.0. The maximum atomic E-state index is 12.7. The van der Waals surface area contributed by atoms with E-state index >= 15 is 0 Å². The standard InChI is InChI=1S/C26H29IN4O6S/c1-5-35-20-12-16(11-18(27)24(20)34-4)13-28-31-21(32)14-37-19-10-8-7-9-17(19)23-22(25(33)36-6-2)15(3)29-26(38)30-23/h7-13,23H,5-6,14H2,1-4H3,(H,31,32)(H2,29,30,38)/t23-/m1/s1. The van der Waals surface area contributed by atoms with Crippen molar-refractivity contribution in [1.29, 1.82) is 0 Å². The molecule has 0 saturated carbocycles. The highest BCUT2D eigenvalue weighted by atomic mass is 127. The predicted octanol–water partition coefficient (Wildman–Crippen LogP) is 3.58. The number of methoxy groups -OCH3 is 1. The molecule has 2 aromatic carbocycles. The average molecular weight is 653 g/mol. The van der Waals surface area contributed by atoms with Gasteiger partial charge in [0.05, 0.1) is 41.7 Å². The molecular weight excluding hydrogens is 623 g/mol. The number of esters is 1. The third-order valence-corrected chi connectivity index (χ3v) is 6.31. The zero-order chi connectivity index (χ0) is 27.7. The van der Waals surface area contributed by atoms with Crippen molar-refractivity contribution < 1.29 is 28.5 Å². The van der Waals surface area contributed by atoms with Crippen LogP contribution in [0.4, 0.5) is 0 Å². The third-order valence-electron chi connectivity index (χ3n) is 5.29. The lowest BCUT2D eigenvalue weighted by atomic mass is 9.95. The van der Waals surface area contributed by atoms with Gasteiger partial charge in [0.1, 0.15) is 5.75 Å². The molecule has 38 heavy (non-hydrogen) atoms. The Balaban J connectivity index is 1.71. The van der Waals surface area contributed by atoms with Gasteiger partial charge in [0.2, 0.25) is 0 Å². The van der Waals surface area contributed by atoms with Crippen LogP contribution in [0.15, 0.2) is 52.8 Å². The van der Waals surface area contributed by atoms with Crippen LogP contribution in [0, 0.1) is 3.57 Å². The van der Waals surface area contributed by atoms with E-state index in [0.29, 0.717) is 45.8 Å². The van der Waals surface area contributed by atoms with Crippen LogP contribution in [0.25, 0.3) is 0 Å². The fraction of sp³-hybridized carbons (Fsp3) is 0.308. The summed E-state index contributed by atoms with van der Waals surface area (Å²) in [5.74, 6) is 0.706. The number of hydrogen-bond donors (Lipinski definition) is 3. The van der Waals surface area contributed by atoms with Gasteiger partial charge in [-0.3, -0.25) is 4.79 Å². The van der Waals surface area contributed by atoms with Crippen LogP contribution in [-0.4, -0.2) is 50.1 Å². The summed E-state index contributed by atoms with van der Waals surface area (Å²) in [5.41, 5.74) is 4.78. The molecular formula is C26H29IN4O6S. The van der Waals surface area contributed by atoms with Crippen LogP contribution >= 0.6 is 34.8 Å². The van der Waals surface area contributed by atoms with Crippen LogP contribution in [0.1, 0.15) is 37.9 Å². The second kappa shape index (κ2) is 14.0. The first-order chi connectivity index (χ1) is 18.3. The summed E-state index contributed by atoms with van der Waals surface area (Å²) in [6, 6.07) is 10.1. The Morgan fingerprint density at radius 2 is 1.92 bits per heavy atom. The van der Waals surface area contributed by atoms with E-state index < -0.39 is 17.9 Å². The number of para-hydroxylation sites is 1. The molecule has 3 N–H and O–H groups in total. The summed E-state index contributed by atoms with van der Waals surface area (Å²) in [6.45, 7) is 5.79. The van der Waals surface area contributed by atoms with Crippen molar-refractivity contribution in [2.75, 3.05) is 26.9 Å². The third kappa shape index (κ3) is 7.34. The number of rotatable bonds is 11. The van der Waals surface area contributed by atoms with Crippen LogP contribution in [0.5, 0.6) is 17.2 Å². The van der Waals surface area contributed by atoms with Crippen LogP contribution in [-0.2, 0) is 14.3 Å². The first kappa shape index (κ1) is 29.2. The molecule has 1 amide bonds. The number of benzene rings is 2. The minimum atomic E-state index is -0.614. The van der Waals surface area contributed by atoms with Gasteiger partial charge in [0.25, 0.3) is 5.91 Å². The maximum absolute atomic E-state index is 12.7. The topological polar surface area (TPSA) is 120 Å². The van der Waals surface area contributed by atoms with Gasteiger partial charge in [0, 0.05) is 11.3 Å². The molecule has 3 rings (SSSR count). The predicted molar refractivity (Wildman–Crippen MR) is 155 cm³/mol. The van der Waals surface area contributed by atoms with E-state index in [1.54, 1.807) is 45.2 Å². The highest BCUT2D eigenvalue weighted by Gasteiger charge is 2.32. The molecule has 1 heterocycles. The average Bonchev–Trinajstić information content (AvgIpc) is 2.87. The van der Waals surface area contributed by atoms with E-state index in [0.717, 1.165) is 9.13 Å².